The average molecular weight is 395 g/mol. The van der Waals surface area contributed by atoms with Gasteiger partial charge in [0.2, 0.25) is 0 Å². The lowest BCUT2D eigenvalue weighted by atomic mass is 10.1. The predicted octanol–water partition coefficient (Wildman–Crippen LogP) is 2.10. The van der Waals surface area contributed by atoms with E-state index in [1.165, 1.54) is 12.1 Å². The quantitative estimate of drug-likeness (QED) is 0.571. The Morgan fingerprint density at radius 3 is 2.61 bits per heavy atom. The van der Waals surface area contributed by atoms with E-state index >= 15 is 0 Å². The zero-order valence-electron chi connectivity index (χ0n) is 15.3. The summed E-state index contributed by atoms with van der Waals surface area (Å²) in [5.41, 5.74) is 2.09. The average Bonchev–Trinajstić information content (AvgIpc) is 2.95. The van der Waals surface area contributed by atoms with Gasteiger partial charge in [-0.05, 0) is 41.9 Å². The number of benzene rings is 2. The minimum Gasteiger partial charge on any atom is -0.545 e. The molecule has 1 N–H and O–H groups in total. The third-order valence-electron chi connectivity index (χ3n) is 4.21. The standard InChI is InChI=1S/C21H20N2O4S/c1-2-11-23-19(24)17(22-21(23)28)12-16-5-3-4-6-18(16)27-13-14-7-9-15(10-8-14)20(25)26/h3-10,12H,2,11,13H2,1H3,(H,22,28)(H,25,26)/p-1/b17-12-. The van der Waals surface area contributed by atoms with Gasteiger partial charge in [-0.1, -0.05) is 49.4 Å². The van der Waals surface area contributed by atoms with Crippen LogP contribution in [0.3, 0.4) is 0 Å². The Balaban J connectivity index is 1.75. The van der Waals surface area contributed by atoms with E-state index in [-0.39, 0.29) is 18.1 Å². The number of ether oxygens (including phenoxy) is 1. The first kappa shape index (κ1) is 19.6. The van der Waals surface area contributed by atoms with Crippen LogP contribution >= 0.6 is 12.2 Å². The van der Waals surface area contributed by atoms with Gasteiger partial charge in [0, 0.05) is 12.1 Å². The second-order valence-electron chi connectivity index (χ2n) is 6.26. The molecule has 0 atom stereocenters. The number of hydrogen-bond donors (Lipinski definition) is 1. The molecule has 1 aliphatic rings. The highest BCUT2D eigenvalue weighted by atomic mass is 32.1. The van der Waals surface area contributed by atoms with Gasteiger partial charge in [0.25, 0.3) is 5.91 Å². The van der Waals surface area contributed by atoms with Crippen LogP contribution < -0.4 is 15.2 Å². The van der Waals surface area contributed by atoms with Crippen molar-refractivity contribution in [1.82, 2.24) is 10.2 Å². The second kappa shape index (κ2) is 8.67. The molecule has 0 radical (unpaired) electrons. The maximum Gasteiger partial charge on any atom is 0.276 e. The van der Waals surface area contributed by atoms with Crippen molar-refractivity contribution in [3.63, 3.8) is 0 Å². The summed E-state index contributed by atoms with van der Waals surface area (Å²) in [6, 6.07) is 13.7. The van der Waals surface area contributed by atoms with Crippen LogP contribution in [0.25, 0.3) is 6.08 Å². The summed E-state index contributed by atoms with van der Waals surface area (Å²) in [5.74, 6) is -0.763. The van der Waals surface area contributed by atoms with Crippen LogP contribution in [0.4, 0.5) is 0 Å². The summed E-state index contributed by atoms with van der Waals surface area (Å²) in [5, 5.41) is 14.2. The smallest absolute Gasteiger partial charge is 0.276 e. The molecule has 1 amide bonds. The molecule has 0 spiro atoms. The lowest BCUT2D eigenvalue weighted by Crippen LogP contribution is -2.31. The van der Waals surface area contributed by atoms with E-state index in [0.717, 1.165) is 17.5 Å². The number of hydrogen-bond acceptors (Lipinski definition) is 5. The van der Waals surface area contributed by atoms with Crippen LogP contribution in [0.2, 0.25) is 0 Å². The topological polar surface area (TPSA) is 81.7 Å². The van der Waals surface area contributed by atoms with E-state index in [1.54, 1.807) is 23.1 Å². The zero-order chi connectivity index (χ0) is 20.1. The zero-order valence-corrected chi connectivity index (χ0v) is 16.1. The molecule has 7 heteroatoms. The molecule has 0 unspecified atom stereocenters. The number of amides is 1. The molecule has 144 valence electrons. The van der Waals surface area contributed by atoms with Crippen LogP contribution in [-0.2, 0) is 11.4 Å². The van der Waals surface area contributed by atoms with E-state index in [2.05, 4.69) is 5.32 Å². The molecule has 2 aromatic carbocycles. The van der Waals surface area contributed by atoms with Crippen molar-refractivity contribution in [3.8, 4) is 5.75 Å². The Labute approximate surface area is 168 Å². The number of carbonyl (C=O) groups is 2. The first-order valence-electron chi connectivity index (χ1n) is 8.86. The fraction of sp³-hybridized carbons (Fsp3) is 0.190. The van der Waals surface area contributed by atoms with Crippen molar-refractivity contribution in [1.29, 1.82) is 0 Å². The van der Waals surface area contributed by atoms with Crippen molar-refractivity contribution >= 4 is 35.3 Å². The molecule has 6 nitrogen and oxygen atoms in total. The molecule has 0 bridgehead atoms. The number of carboxylic acid groups (broad SMARTS) is 1. The first-order valence-corrected chi connectivity index (χ1v) is 9.27. The Hall–Kier alpha value is -3.19. The minimum atomic E-state index is -1.21. The largest absolute Gasteiger partial charge is 0.545 e. The van der Waals surface area contributed by atoms with Gasteiger partial charge in [0.15, 0.2) is 5.11 Å². The molecular weight excluding hydrogens is 376 g/mol. The highest BCUT2D eigenvalue weighted by Gasteiger charge is 2.29. The predicted molar refractivity (Wildman–Crippen MR) is 107 cm³/mol. The van der Waals surface area contributed by atoms with Crippen molar-refractivity contribution in [2.24, 2.45) is 0 Å². The summed E-state index contributed by atoms with van der Waals surface area (Å²) in [4.78, 5) is 24.9. The number of para-hydroxylation sites is 1. The van der Waals surface area contributed by atoms with Crippen LogP contribution in [0, 0.1) is 0 Å². The van der Waals surface area contributed by atoms with Crippen LogP contribution in [0.15, 0.2) is 54.2 Å². The Morgan fingerprint density at radius 1 is 1.21 bits per heavy atom. The molecule has 1 heterocycles. The molecule has 2 aromatic rings. The van der Waals surface area contributed by atoms with Crippen LogP contribution in [0.5, 0.6) is 5.75 Å². The number of rotatable bonds is 7. The van der Waals surface area contributed by atoms with E-state index in [4.69, 9.17) is 17.0 Å². The molecule has 0 saturated carbocycles. The maximum atomic E-state index is 12.5. The Bertz CT molecular complexity index is 938. The van der Waals surface area contributed by atoms with Gasteiger partial charge < -0.3 is 20.0 Å². The third kappa shape index (κ3) is 4.37. The van der Waals surface area contributed by atoms with Crippen molar-refractivity contribution in [2.75, 3.05) is 6.54 Å². The Morgan fingerprint density at radius 2 is 1.93 bits per heavy atom. The van der Waals surface area contributed by atoms with Gasteiger partial charge in [-0.25, -0.2) is 0 Å². The molecule has 0 aliphatic carbocycles. The number of carbonyl (C=O) groups excluding carboxylic acids is 2. The molecule has 0 aromatic heterocycles. The number of carboxylic acids is 1. The molecule has 1 aliphatic heterocycles. The SMILES string of the molecule is CCCN1C(=O)/C(=C/c2ccccc2OCc2ccc(C(=O)[O-])cc2)NC1=S. The van der Waals surface area contributed by atoms with Crippen molar-refractivity contribution < 1.29 is 19.4 Å². The van der Waals surface area contributed by atoms with Crippen molar-refractivity contribution in [2.45, 2.75) is 20.0 Å². The first-order chi connectivity index (χ1) is 13.5. The summed E-state index contributed by atoms with van der Waals surface area (Å²) in [6.45, 7) is 2.82. The maximum absolute atomic E-state index is 12.5. The van der Waals surface area contributed by atoms with Gasteiger partial charge in [0.1, 0.15) is 18.1 Å². The fourth-order valence-electron chi connectivity index (χ4n) is 2.78. The summed E-state index contributed by atoms with van der Waals surface area (Å²) < 4.78 is 5.88. The van der Waals surface area contributed by atoms with Gasteiger partial charge in [0.05, 0.1) is 5.97 Å². The number of nitrogens with zero attached hydrogens (tertiary/aromatic N) is 1. The van der Waals surface area contributed by atoms with Gasteiger partial charge in [-0.2, -0.15) is 0 Å². The van der Waals surface area contributed by atoms with Gasteiger partial charge >= 0.3 is 0 Å². The van der Waals surface area contributed by atoms with Crippen molar-refractivity contribution in [3.05, 3.63) is 70.9 Å². The number of nitrogens with one attached hydrogen (secondary N) is 1. The van der Waals surface area contributed by atoms with Crippen LogP contribution in [0.1, 0.15) is 34.8 Å². The summed E-state index contributed by atoms with van der Waals surface area (Å²) in [6.07, 6.45) is 2.54. The lowest BCUT2D eigenvalue weighted by molar-refractivity contribution is -0.255. The fourth-order valence-corrected chi connectivity index (χ4v) is 3.07. The van der Waals surface area contributed by atoms with Crippen LogP contribution in [-0.4, -0.2) is 28.4 Å². The van der Waals surface area contributed by atoms with Gasteiger partial charge in [-0.15, -0.1) is 0 Å². The normalized spacial score (nSPS) is 15.0. The minimum absolute atomic E-state index is 0.118. The third-order valence-corrected chi connectivity index (χ3v) is 4.53. The molecule has 1 fully saturated rings. The molecule has 28 heavy (non-hydrogen) atoms. The molecule has 1 saturated heterocycles. The summed E-state index contributed by atoms with van der Waals surface area (Å²) in [7, 11) is 0. The molecular formula is C21H19N2O4S-. The van der Waals surface area contributed by atoms with E-state index in [9.17, 15) is 14.7 Å². The summed E-state index contributed by atoms with van der Waals surface area (Å²) >= 11 is 5.23. The second-order valence-corrected chi connectivity index (χ2v) is 6.64. The van der Waals surface area contributed by atoms with Gasteiger partial charge in [-0.3, -0.25) is 9.69 Å². The highest BCUT2D eigenvalue weighted by Crippen LogP contribution is 2.24. The highest BCUT2D eigenvalue weighted by molar-refractivity contribution is 7.80. The van der Waals surface area contributed by atoms with E-state index in [1.807, 2.05) is 31.2 Å². The Kier molecular flexibility index (Phi) is 6.06. The van der Waals surface area contributed by atoms with E-state index < -0.39 is 5.97 Å². The lowest BCUT2D eigenvalue weighted by Gasteiger charge is -2.11. The monoisotopic (exact) mass is 395 g/mol. The van der Waals surface area contributed by atoms with E-state index in [0.29, 0.717) is 23.1 Å². The molecule has 3 rings (SSSR count). The number of aromatic carboxylic acids is 1. The number of thiocarbonyl (C=S) groups is 1.